The summed E-state index contributed by atoms with van der Waals surface area (Å²) in [5, 5.41) is 0. The van der Waals surface area contributed by atoms with E-state index in [1.165, 1.54) is 17.2 Å². The first-order valence-electron chi connectivity index (χ1n) is 6.05. The van der Waals surface area contributed by atoms with Gasteiger partial charge in [0.1, 0.15) is 5.76 Å². The highest BCUT2D eigenvalue weighted by atomic mass is 19.4. The van der Waals surface area contributed by atoms with Gasteiger partial charge in [-0.3, -0.25) is 0 Å². The van der Waals surface area contributed by atoms with E-state index in [4.69, 9.17) is 10.2 Å². The fourth-order valence-electron chi connectivity index (χ4n) is 1.99. The van der Waals surface area contributed by atoms with Gasteiger partial charge in [0, 0.05) is 19.3 Å². The third kappa shape index (κ3) is 3.14. The standard InChI is InChI=1S/C14H15F3N2O/c1-19(9-11-3-2-6-20-11)13-5-4-10(8-18)7-12(13)14(15,16)17/h2-7H,8-9,18H2,1H3. The molecule has 0 aliphatic rings. The Bertz CT molecular complexity index is 564. The van der Waals surface area contributed by atoms with Crippen molar-refractivity contribution in [2.24, 2.45) is 5.73 Å². The van der Waals surface area contributed by atoms with Crippen molar-refractivity contribution in [1.29, 1.82) is 0 Å². The first-order chi connectivity index (χ1) is 9.41. The zero-order valence-corrected chi connectivity index (χ0v) is 10.9. The molecule has 2 rings (SSSR count). The summed E-state index contributed by atoms with van der Waals surface area (Å²) >= 11 is 0. The van der Waals surface area contributed by atoms with Crippen LogP contribution >= 0.6 is 0 Å². The molecule has 0 amide bonds. The summed E-state index contributed by atoms with van der Waals surface area (Å²) in [4.78, 5) is 1.50. The molecule has 0 radical (unpaired) electrons. The van der Waals surface area contributed by atoms with E-state index in [1.54, 1.807) is 25.2 Å². The molecule has 1 aromatic heterocycles. The first kappa shape index (κ1) is 14.5. The Hall–Kier alpha value is -1.95. The van der Waals surface area contributed by atoms with Gasteiger partial charge < -0.3 is 15.1 Å². The molecule has 0 fully saturated rings. The van der Waals surface area contributed by atoms with Crippen LogP contribution in [0.25, 0.3) is 0 Å². The van der Waals surface area contributed by atoms with E-state index in [-0.39, 0.29) is 18.8 Å². The van der Waals surface area contributed by atoms with Gasteiger partial charge in [-0.15, -0.1) is 0 Å². The van der Waals surface area contributed by atoms with E-state index in [9.17, 15) is 13.2 Å². The molecule has 0 bridgehead atoms. The molecule has 108 valence electrons. The van der Waals surface area contributed by atoms with Crippen LogP contribution in [-0.4, -0.2) is 7.05 Å². The number of hydrogen-bond acceptors (Lipinski definition) is 3. The SMILES string of the molecule is CN(Cc1ccco1)c1ccc(CN)cc1C(F)(F)F. The Balaban J connectivity index is 2.34. The number of halogens is 3. The Morgan fingerprint density at radius 1 is 1.25 bits per heavy atom. The van der Waals surface area contributed by atoms with Crippen molar-refractivity contribution in [2.75, 3.05) is 11.9 Å². The number of anilines is 1. The predicted octanol–water partition coefficient (Wildman–Crippen LogP) is 3.39. The van der Waals surface area contributed by atoms with Gasteiger partial charge in [0.2, 0.25) is 0 Å². The third-order valence-corrected chi connectivity index (χ3v) is 2.99. The summed E-state index contributed by atoms with van der Waals surface area (Å²) in [6.07, 6.45) is -2.93. The summed E-state index contributed by atoms with van der Waals surface area (Å²) < 4.78 is 44.5. The molecule has 0 saturated heterocycles. The molecule has 2 aromatic rings. The highest BCUT2D eigenvalue weighted by Gasteiger charge is 2.34. The Morgan fingerprint density at radius 3 is 2.55 bits per heavy atom. The van der Waals surface area contributed by atoms with Gasteiger partial charge in [0.05, 0.1) is 18.4 Å². The first-order valence-corrected chi connectivity index (χ1v) is 6.05. The highest BCUT2D eigenvalue weighted by molar-refractivity contribution is 5.56. The summed E-state index contributed by atoms with van der Waals surface area (Å²) in [5.74, 6) is 0.600. The summed E-state index contributed by atoms with van der Waals surface area (Å²) in [6.45, 7) is 0.337. The quantitative estimate of drug-likeness (QED) is 0.935. The van der Waals surface area contributed by atoms with Crippen LogP contribution in [0.2, 0.25) is 0 Å². The average Bonchev–Trinajstić information content (AvgIpc) is 2.89. The van der Waals surface area contributed by atoms with Crippen molar-refractivity contribution in [2.45, 2.75) is 19.3 Å². The van der Waals surface area contributed by atoms with E-state index in [0.717, 1.165) is 6.07 Å². The monoisotopic (exact) mass is 284 g/mol. The highest BCUT2D eigenvalue weighted by Crippen LogP contribution is 2.37. The summed E-state index contributed by atoms with van der Waals surface area (Å²) in [5.41, 5.74) is 5.27. The van der Waals surface area contributed by atoms with Gasteiger partial charge in [0.25, 0.3) is 0 Å². The van der Waals surface area contributed by atoms with Crippen LogP contribution in [0.4, 0.5) is 18.9 Å². The molecule has 20 heavy (non-hydrogen) atoms. The molecule has 0 aliphatic carbocycles. The van der Waals surface area contributed by atoms with Crippen LogP contribution in [0.1, 0.15) is 16.9 Å². The minimum atomic E-state index is -4.42. The molecule has 0 aliphatic heterocycles. The zero-order chi connectivity index (χ0) is 14.8. The van der Waals surface area contributed by atoms with Crippen molar-refractivity contribution in [1.82, 2.24) is 0 Å². The maximum absolute atomic E-state index is 13.1. The minimum Gasteiger partial charge on any atom is -0.467 e. The van der Waals surface area contributed by atoms with Crippen LogP contribution in [0.15, 0.2) is 41.0 Å². The van der Waals surface area contributed by atoms with Crippen molar-refractivity contribution in [3.05, 3.63) is 53.5 Å². The fourth-order valence-corrected chi connectivity index (χ4v) is 1.99. The number of alkyl halides is 3. The van der Waals surface area contributed by atoms with E-state index < -0.39 is 11.7 Å². The topological polar surface area (TPSA) is 42.4 Å². The lowest BCUT2D eigenvalue weighted by Gasteiger charge is -2.23. The maximum atomic E-state index is 13.1. The fraction of sp³-hybridized carbons (Fsp3) is 0.286. The van der Waals surface area contributed by atoms with Gasteiger partial charge in [-0.25, -0.2) is 0 Å². The molecule has 1 aromatic carbocycles. The molecule has 2 N–H and O–H groups in total. The lowest BCUT2D eigenvalue weighted by molar-refractivity contribution is -0.137. The lowest BCUT2D eigenvalue weighted by Crippen LogP contribution is -2.21. The smallest absolute Gasteiger partial charge is 0.418 e. The van der Waals surface area contributed by atoms with Gasteiger partial charge in [-0.1, -0.05) is 6.07 Å². The molecule has 1 heterocycles. The Morgan fingerprint density at radius 2 is 2.00 bits per heavy atom. The number of benzene rings is 1. The average molecular weight is 284 g/mol. The number of nitrogens with two attached hydrogens (primary N) is 1. The second kappa shape index (κ2) is 5.58. The lowest BCUT2D eigenvalue weighted by atomic mass is 10.1. The Kier molecular flexibility index (Phi) is 4.04. The van der Waals surface area contributed by atoms with Crippen LogP contribution in [0.5, 0.6) is 0 Å². The van der Waals surface area contributed by atoms with Crippen LogP contribution in [-0.2, 0) is 19.3 Å². The van der Waals surface area contributed by atoms with Crippen LogP contribution < -0.4 is 10.6 Å². The van der Waals surface area contributed by atoms with Crippen molar-refractivity contribution >= 4 is 5.69 Å². The van der Waals surface area contributed by atoms with Crippen molar-refractivity contribution < 1.29 is 17.6 Å². The second-order valence-corrected chi connectivity index (χ2v) is 4.49. The predicted molar refractivity (Wildman–Crippen MR) is 70.2 cm³/mol. The summed E-state index contributed by atoms with van der Waals surface area (Å²) in [6, 6.07) is 7.55. The van der Waals surface area contributed by atoms with Crippen LogP contribution in [0, 0.1) is 0 Å². The second-order valence-electron chi connectivity index (χ2n) is 4.49. The molecule has 0 atom stereocenters. The van der Waals surface area contributed by atoms with E-state index in [1.807, 2.05) is 0 Å². The van der Waals surface area contributed by atoms with Gasteiger partial charge in [-0.2, -0.15) is 13.2 Å². The van der Waals surface area contributed by atoms with E-state index in [0.29, 0.717) is 11.3 Å². The maximum Gasteiger partial charge on any atom is 0.418 e. The number of rotatable bonds is 4. The summed E-state index contributed by atoms with van der Waals surface area (Å²) in [7, 11) is 1.59. The number of furan rings is 1. The number of nitrogens with zero attached hydrogens (tertiary/aromatic N) is 1. The molecule has 0 spiro atoms. The van der Waals surface area contributed by atoms with Crippen molar-refractivity contribution in [3.63, 3.8) is 0 Å². The molecular formula is C14H15F3N2O. The zero-order valence-electron chi connectivity index (χ0n) is 10.9. The normalized spacial score (nSPS) is 11.7. The van der Waals surface area contributed by atoms with Crippen molar-refractivity contribution in [3.8, 4) is 0 Å². The molecular weight excluding hydrogens is 269 g/mol. The molecule has 0 saturated carbocycles. The largest absolute Gasteiger partial charge is 0.467 e. The number of hydrogen-bond donors (Lipinski definition) is 1. The van der Waals surface area contributed by atoms with Gasteiger partial charge >= 0.3 is 6.18 Å². The molecule has 6 heteroatoms. The van der Waals surface area contributed by atoms with Crippen LogP contribution in [0.3, 0.4) is 0 Å². The van der Waals surface area contributed by atoms with Gasteiger partial charge in [-0.05, 0) is 29.8 Å². The Labute approximate surface area is 114 Å². The van der Waals surface area contributed by atoms with Gasteiger partial charge in [0.15, 0.2) is 0 Å². The minimum absolute atomic E-state index is 0.0747. The molecule has 3 nitrogen and oxygen atoms in total. The van der Waals surface area contributed by atoms with E-state index in [2.05, 4.69) is 0 Å². The van der Waals surface area contributed by atoms with E-state index >= 15 is 0 Å². The third-order valence-electron chi connectivity index (χ3n) is 2.99. The molecule has 0 unspecified atom stereocenters.